The molecule has 2 nitrogen and oxygen atoms in total. The number of nitrogens with one attached hydrogen (secondary N) is 1. The van der Waals surface area contributed by atoms with Gasteiger partial charge in [0.25, 0.3) is 0 Å². The van der Waals surface area contributed by atoms with Gasteiger partial charge in [0.15, 0.2) is 0 Å². The maximum atomic E-state index is 5.21. The van der Waals surface area contributed by atoms with Gasteiger partial charge in [0.1, 0.15) is 5.76 Å². The zero-order valence-electron chi connectivity index (χ0n) is 9.85. The molecule has 1 aliphatic rings. The minimum absolute atomic E-state index is 0.898. The topological polar surface area (TPSA) is 21.3 Å². The summed E-state index contributed by atoms with van der Waals surface area (Å²) in [6.45, 7) is 6.11. The SMILES string of the molecule is CC.CNC1=CCC(C)=CC=C1OC. The number of methoxy groups -OCH3 is 1. The molecule has 1 rings (SSSR count). The molecule has 0 radical (unpaired) electrons. The van der Waals surface area contributed by atoms with Crippen LogP contribution in [-0.4, -0.2) is 14.2 Å². The third kappa shape index (κ3) is 3.69. The number of likely N-dealkylation sites (N-methyl/N-ethyl adjacent to an activating group) is 1. The van der Waals surface area contributed by atoms with E-state index in [4.69, 9.17) is 4.74 Å². The molecule has 0 spiro atoms. The van der Waals surface area contributed by atoms with Crippen LogP contribution >= 0.6 is 0 Å². The Morgan fingerprint density at radius 1 is 1.29 bits per heavy atom. The summed E-state index contributed by atoms with van der Waals surface area (Å²) in [7, 11) is 3.59. The van der Waals surface area contributed by atoms with Crippen LogP contribution in [0, 0.1) is 0 Å². The van der Waals surface area contributed by atoms with E-state index in [0.717, 1.165) is 17.9 Å². The molecule has 1 N–H and O–H groups in total. The molecule has 0 saturated heterocycles. The summed E-state index contributed by atoms with van der Waals surface area (Å²) in [5.74, 6) is 0.898. The molecule has 0 saturated carbocycles. The normalized spacial score (nSPS) is 15.1. The monoisotopic (exact) mass is 195 g/mol. The van der Waals surface area contributed by atoms with Crippen LogP contribution in [0.25, 0.3) is 0 Å². The molecule has 2 heteroatoms. The van der Waals surface area contributed by atoms with E-state index < -0.39 is 0 Å². The molecule has 0 aliphatic heterocycles. The van der Waals surface area contributed by atoms with Crippen LogP contribution in [0.2, 0.25) is 0 Å². The molecule has 14 heavy (non-hydrogen) atoms. The highest BCUT2D eigenvalue weighted by Crippen LogP contribution is 2.15. The van der Waals surface area contributed by atoms with Crippen molar-refractivity contribution in [2.75, 3.05) is 14.2 Å². The van der Waals surface area contributed by atoms with Crippen molar-refractivity contribution in [1.82, 2.24) is 5.32 Å². The first-order valence-corrected chi connectivity index (χ1v) is 5.07. The Labute approximate surface area is 87.3 Å². The molecule has 0 unspecified atom stereocenters. The lowest BCUT2D eigenvalue weighted by atomic mass is 10.2. The van der Waals surface area contributed by atoms with Crippen molar-refractivity contribution in [3.05, 3.63) is 35.3 Å². The minimum atomic E-state index is 0.898. The van der Waals surface area contributed by atoms with Crippen LogP contribution in [0.1, 0.15) is 27.2 Å². The first-order chi connectivity index (χ1) is 6.77. The van der Waals surface area contributed by atoms with E-state index in [0.29, 0.717) is 0 Å². The molecule has 0 aromatic carbocycles. The molecule has 0 atom stereocenters. The molecule has 80 valence electrons. The van der Waals surface area contributed by atoms with Gasteiger partial charge in [-0.2, -0.15) is 0 Å². The number of ether oxygens (including phenoxy) is 1. The van der Waals surface area contributed by atoms with Gasteiger partial charge in [-0.1, -0.05) is 31.6 Å². The van der Waals surface area contributed by atoms with Crippen LogP contribution < -0.4 is 5.32 Å². The summed E-state index contributed by atoms with van der Waals surface area (Å²) in [6.07, 6.45) is 7.19. The second-order valence-corrected chi connectivity index (χ2v) is 2.82. The lowest BCUT2D eigenvalue weighted by Gasteiger charge is -2.08. The van der Waals surface area contributed by atoms with Crippen molar-refractivity contribution >= 4 is 0 Å². The van der Waals surface area contributed by atoms with Crippen LogP contribution in [0.5, 0.6) is 0 Å². The zero-order valence-corrected chi connectivity index (χ0v) is 9.85. The van der Waals surface area contributed by atoms with E-state index in [1.165, 1.54) is 5.57 Å². The van der Waals surface area contributed by atoms with Crippen molar-refractivity contribution < 1.29 is 4.74 Å². The Bertz CT molecular complexity index is 249. The number of hydrogen-bond acceptors (Lipinski definition) is 2. The van der Waals surface area contributed by atoms with E-state index in [1.807, 2.05) is 27.0 Å². The van der Waals surface area contributed by atoms with E-state index in [-0.39, 0.29) is 0 Å². The number of rotatable bonds is 2. The van der Waals surface area contributed by atoms with Crippen LogP contribution in [-0.2, 0) is 4.74 Å². The van der Waals surface area contributed by atoms with Gasteiger partial charge < -0.3 is 10.1 Å². The first-order valence-electron chi connectivity index (χ1n) is 5.07. The standard InChI is InChI=1S/C10H15NO.C2H6/c1-8-4-6-9(11-2)10(12-3)7-5-8;1-2/h5-7,11H,4H2,1-3H3;1-2H3. The van der Waals surface area contributed by atoms with Gasteiger partial charge in [0, 0.05) is 7.05 Å². The fourth-order valence-electron chi connectivity index (χ4n) is 1.14. The average Bonchev–Trinajstić information content (AvgIpc) is 2.42. The Kier molecular flexibility index (Phi) is 6.63. The Morgan fingerprint density at radius 3 is 2.43 bits per heavy atom. The van der Waals surface area contributed by atoms with Crippen LogP contribution in [0.4, 0.5) is 0 Å². The van der Waals surface area contributed by atoms with Gasteiger partial charge in [-0.25, -0.2) is 0 Å². The fraction of sp³-hybridized carbons (Fsp3) is 0.500. The van der Waals surface area contributed by atoms with Gasteiger partial charge in [-0.15, -0.1) is 0 Å². The van der Waals surface area contributed by atoms with Gasteiger partial charge in [-0.05, 0) is 19.4 Å². The maximum Gasteiger partial charge on any atom is 0.141 e. The van der Waals surface area contributed by atoms with E-state index in [2.05, 4.69) is 24.4 Å². The largest absolute Gasteiger partial charge is 0.495 e. The van der Waals surface area contributed by atoms with Crippen molar-refractivity contribution in [3.63, 3.8) is 0 Å². The molecule has 0 amide bonds. The highest BCUT2D eigenvalue weighted by atomic mass is 16.5. The third-order valence-corrected chi connectivity index (χ3v) is 1.90. The first kappa shape index (κ1) is 12.8. The van der Waals surface area contributed by atoms with Crippen molar-refractivity contribution in [1.29, 1.82) is 0 Å². The van der Waals surface area contributed by atoms with Gasteiger partial charge in [0.05, 0.1) is 12.8 Å². The second-order valence-electron chi connectivity index (χ2n) is 2.82. The second kappa shape index (κ2) is 7.25. The van der Waals surface area contributed by atoms with E-state index in [9.17, 15) is 0 Å². The summed E-state index contributed by atoms with van der Waals surface area (Å²) < 4.78 is 5.21. The van der Waals surface area contributed by atoms with Crippen LogP contribution in [0.3, 0.4) is 0 Å². The number of allylic oxidation sites excluding steroid dienone is 4. The Balaban J connectivity index is 0.000000791. The third-order valence-electron chi connectivity index (χ3n) is 1.90. The van der Waals surface area contributed by atoms with Crippen molar-refractivity contribution in [3.8, 4) is 0 Å². The van der Waals surface area contributed by atoms with Gasteiger partial charge in [-0.3, -0.25) is 0 Å². The smallest absolute Gasteiger partial charge is 0.141 e. The molecule has 0 aromatic heterocycles. The lowest BCUT2D eigenvalue weighted by Crippen LogP contribution is -2.09. The quantitative estimate of drug-likeness (QED) is 0.731. The van der Waals surface area contributed by atoms with Crippen LogP contribution in [0.15, 0.2) is 35.3 Å². The summed E-state index contributed by atoms with van der Waals surface area (Å²) in [6, 6.07) is 0. The molecular formula is C12H21NO. The Hall–Kier alpha value is -1.18. The summed E-state index contributed by atoms with van der Waals surface area (Å²) in [5, 5.41) is 3.10. The predicted octanol–water partition coefficient (Wildman–Crippen LogP) is 3.00. The number of hydrogen-bond donors (Lipinski definition) is 1. The lowest BCUT2D eigenvalue weighted by molar-refractivity contribution is 0.297. The van der Waals surface area contributed by atoms with E-state index >= 15 is 0 Å². The average molecular weight is 195 g/mol. The molecule has 0 fully saturated rings. The summed E-state index contributed by atoms with van der Waals surface area (Å²) >= 11 is 0. The molecule has 0 aromatic rings. The van der Waals surface area contributed by atoms with Gasteiger partial charge in [0.2, 0.25) is 0 Å². The molecule has 0 heterocycles. The molecule has 1 aliphatic carbocycles. The molecular weight excluding hydrogens is 174 g/mol. The van der Waals surface area contributed by atoms with E-state index in [1.54, 1.807) is 7.11 Å². The summed E-state index contributed by atoms with van der Waals surface area (Å²) in [4.78, 5) is 0. The van der Waals surface area contributed by atoms with Crippen molar-refractivity contribution in [2.45, 2.75) is 27.2 Å². The highest BCUT2D eigenvalue weighted by Gasteiger charge is 2.04. The predicted molar refractivity (Wildman–Crippen MR) is 62.0 cm³/mol. The highest BCUT2D eigenvalue weighted by molar-refractivity contribution is 5.33. The zero-order chi connectivity index (χ0) is 11.0. The molecule has 0 bridgehead atoms. The maximum absolute atomic E-state index is 5.21. The fourth-order valence-corrected chi connectivity index (χ4v) is 1.14. The van der Waals surface area contributed by atoms with Crippen molar-refractivity contribution in [2.24, 2.45) is 0 Å². The minimum Gasteiger partial charge on any atom is -0.495 e. The summed E-state index contributed by atoms with van der Waals surface area (Å²) in [5.41, 5.74) is 2.40. The Morgan fingerprint density at radius 2 is 1.93 bits per heavy atom. The van der Waals surface area contributed by atoms with Gasteiger partial charge >= 0.3 is 0 Å².